The molecule has 1 saturated carbocycles. The molecule has 0 aliphatic heterocycles. The third-order valence-electron chi connectivity index (χ3n) is 5.00. The van der Waals surface area contributed by atoms with Crippen LogP contribution >= 0.6 is 0 Å². The Labute approximate surface area is 113 Å². The van der Waals surface area contributed by atoms with Crippen LogP contribution in [0.15, 0.2) is 0 Å². The molecule has 0 amide bonds. The number of aliphatic hydroxyl groups excluding tert-OH is 1. The molecule has 1 rings (SSSR count). The van der Waals surface area contributed by atoms with E-state index in [1.807, 2.05) is 0 Å². The maximum atomic E-state index is 10.6. The molecule has 2 nitrogen and oxygen atoms in total. The molecule has 0 aromatic rings. The highest BCUT2D eigenvalue weighted by atomic mass is 16.3. The Morgan fingerprint density at radius 1 is 1.28 bits per heavy atom. The zero-order valence-electron chi connectivity index (χ0n) is 12.5. The van der Waals surface area contributed by atoms with Gasteiger partial charge in [0.15, 0.2) is 0 Å². The van der Waals surface area contributed by atoms with Gasteiger partial charge < -0.3 is 10.8 Å². The van der Waals surface area contributed by atoms with Crippen LogP contribution in [0.4, 0.5) is 0 Å². The molecule has 3 atom stereocenters. The van der Waals surface area contributed by atoms with Crippen molar-refractivity contribution in [1.82, 2.24) is 0 Å². The summed E-state index contributed by atoms with van der Waals surface area (Å²) in [5.74, 6) is 0.785. The first kappa shape index (κ1) is 16.0. The monoisotopic (exact) mass is 255 g/mol. The zero-order valence-corrected chi connectivity index (χ0v) is 12.5. The van der Waals surface area contributed by atoms with Crippen LogP contribution in [0.5, 0.6) is 0 Å². The first-order chi connectivity index (χ1) is 8.68. The van der Waals surface area contributed by atoms with E-state index in [-0.39, 0.29) is 11.5 Å². The van der Waals surface area contributed by atoms with Crippen LogP contribution in [-0.2, 0) is 0 Å². The Balaban J connectivity index is 2.46. The van der Waals surface area contributed by atoms with Gasteiger partial charge >= 0.3 is 0 Å². The molecule has 3 N–H and O–H groups in total. The van der Waals surface area contributed by atoms with Gasteiger partial charge in [-0.05, 0) is 25.2 Å². The highest BCUT2D eigenvalue weighted by Gasteiger charge is 2.40. The number of rotatable bonds is 8. The maximum absolute atomic E-state index is 10.6. The van der Waals surface area contributed by atoms with Gasteiger partial charge in [-0.25, -0.2) is 0 Å². The fourth-order valence-corrected chi connectivity index (χ4v) is 3.57. The largest absolute Gasteiger partial charge is 0.393 e. The van der Waals surface area contributed by atoms with Crippen molar-refractivity contribution in [2.45, 2.75) is 84.2 Å². The Morgan fingerprint density at radius 3 is 2.67 bits per heavy atom. The van der Waals surface area contributed by atoms with E-state index in [1.54, 1.807) is 0 Å². The van der Waals surface area contributed by atoms with Crippen molar-refractivity contribution in [3.63, 3.8) is 0 Å². The maximum Gasteiger partial charge on any atom is 0.0608 e. The number of nitrogens with two attached hydrogens (primary N) is 1. The lowest BCUT2D eigenvalue weighted by Crippen LogP contribution is -2.45. The number of hydrogen-bond acceptors (Lipinski definition) is 2. The predicted octanol–water partition coefficient (Wildman–Crippen LogP) is 3.86. The molecule has 108 valence electrons. The molecule has 0 saturated heterocycles. The molecule has 0 bridgehead atoms. The molecular formula is C16H33NO. The molecule has 0 heterocycles. The van der Waals surface area contributed by atoms with Crippen LogP contribution < -0.4 is 5.73 Å². The lowest BCUT2D eigenvalue weighted by Gasteiger charge is -2.43. The number of unbranched alkanes of at least 4 members (excludes halogenated alkanes) is 3. The van der Waals surface area contributed by atoms with Crippen molar-refractivity contribution in [1.29, 1.82) is 0 Å². The molecular weight excluding hydrogens is 222 g/mol. The van der Waals surface area contributed by atoms with Gasteiger partial charge in [0.1, 0.15) is 0 Å². The van der Waals surface area contributed by atoms with Gasteiger partial charge in [0.2, 0.25) is 0 Å². The molecule has 0 spiro atoms. The van der Waals surface area contributed by atoms with Crippen LogP contribution in [0.2, 0.25) is 0 Å². The average Bonchev–Trinajstić information content (AvgIpc) is 2.43. The second-order valence-electron chi connectivity index (χ2n) is 6.30. The van der Waals surface area contributed by atoms with Crippen molar-refractivity contribution >= 4 is 0 Å². The minimum atomic E-state index is -0.172. The summed E-state index contributed by atoms with van der Waals surface area (Å²) < 4.78 is 0. The summed E-state index contributed by atoms with van der Waals surface area (Å²) in [5, 5.41) is 10.6. The summed E-state index contributed by atoms with van der Waals surface area (Å²) >= 11 is 0. The lowest BCUT2D eigenvalue weighted by atomic mass is 9.65. The van der Waals surface area contributed by atoms with Gasteiger partial charge in [-0.2, -0.15) is 0 Å². The van der Waals surface area contributed by atoms with Crippen LogP contribution in [0, 0.1) is 11.3 Å². The zero-order chi connectivity index (χ0) is 13.4. The van der Waals surface area contributed by atoms with Gasteiger partial charge in [-0.1, -0.05) is 58.8 Å². The molecule has 0 aromatic carbocycles. The predicted molar refractivity (Wildman–Crippen MR) is 78.5 cm³/mol. The topological polar surface area (TPSA) is 46.2 Å². The minimum absolute atomic E-state index is 0.0329. The van der Waals surface area contributed by atoms with Crippen LogP contribution in [0.25, 0.3) is 0 Å². The highest BCUT2D eigenvalue weighted by molar-refractivity contribution is 4.92. The van der Waals surface area contributed by atoms with E-state index >= 15 is 0 Å². The standard InChI is InChI=1S/C16H33NO/c1-3-5-6-7-10-15(18)16(13-17)11-8-9-14(4-2)12-16/h14-15,18H,3-13,17H2,1-2H3. The van der Waals surface area contributed by atoms with E-state index in [1.165, 1.54) is 38.5 Å². The van der Waals surface area contributed by atoms with E-state index in [2.05, 4.69) is 13.8 Å². The summed E-state index contributed by atoms with van der Waals surface area (Å²) in [6.45, 7) is 5.16. The van der Waals surface area contributed by atoms with E-state index in [4.69, 9.17) is 5.73 Å². The van der Waals surface area contributed by atoms with Crippen molar-refractivity contribution in [3.8, 4) is 0 Å². The highest BCUT2D eigenvalue weighted by Crippen LogP contribution is 2.43. The summed E-state index contributed by atoms with van der Waals surface area (Å²) in [6, 6.07) is 0. The van der Waals surface area contributed by atoms with E-state index in [9.17, 15) is 5.11 Å². The van der Waals surface area contributed by atoms with Crippen molar-refractivity contribution in [2.75, 3.05) is 6.54 Å². The normalized spacial score (nSPS) is 30.3. The molecule has 3 unspecified atom stereocenters. The number of hydrogen-bond donors (Lipinski definition) is 2. The fourth-order valence-electron chi connectivity index (χ4n) is 3.57. The number of aliphatic hydroxyl groups is 1. The quantitative estimate of drug-likeness (QED) is 0.647. The Hall–Kier alpha value is -0.0800. The van der Waals surface area contributed by atoms with Crippen LogP contribution in [-0.4, -0.2) is 17.8 Å². The summed E-state index contributed by atoms with van der Waals surface area (Å²) in [4.78, 5) is 0. The van der Waals surface area contributed by atoms with E-state index in [0.717, 1.165) is 31.6 Å². The minimum Gasteiger partial charge on any atom is -0.393 e. The summed E-state index contributed by atoms with van der Waals surface area (Å²) in [6.07, 6.45) is 11.9. The lowest BCUT2D eigenvalue weighted by molar-refractivity contribution is -0.0202. The fraction of sp³-hybridized carbons (Fsp3) is 1.00. The van der Waals surface area contributed by atoms with E-state index < -0.39 is 0 Å². The third-order valence-corrected chi connectivity index (χ3v) is 5.00. The smallest absolute Gasteiger partial charge is 0.0608 e. The first-order valence-corrected chi connectivity index (χ1v) is 8.06. The van der Waals surface area contributed by atoms with Crippen LogP contribution in [0.1, 0.15) is 78.1 Å². The third kappa shape index (κ3) is 4.24. The van der Waals surface area contributed by atoms with Gasteiger partial charge in [-0.15, -0.1) is 0 Å². The molecule has 1 aliphatic rings. The Kier molecular flexibility index (Phi) is 7.25. The second-order valence-corrected chi connectivity index (χ2v) is 6.30. The summed E-state index contributed by atoms with van der Waals surface area (Å²) in [7, 11) is 0. The van der Waals surface area contributed by atoms with Crippen molar-refractivity contribution < 1.29 is 5.11 Å². The van der Waals surface area contributed by atoms with Crippen molar-refractivity contribution in [3.05, 3.63) is 0 Å². The molecule has 0 aromatic heterocycles. The van der Waals surface area contributed by atoms with Crippen LogP contribution in [0.3, 0.4) is 0 Å². The van der Waals surface area contributed by atoms with E-state index in [0.29, 0.717) is 6.54 Å². The Bertz CT molecular complexity index is 219. The van der Waals surface area contributed by atoms with Gasteiger partial charge in [-0.3, -0.25) is 0 Å². The Morgan fingerprint density at radius 2 is 2.06 bits per heavy atom. The molecule has 18 heavy (non-hydrogen) atoms. The summed E-state index contributed by atoms with van der Waals surface area (Å²) in [5.41, 5.74) is 6.06. The molecule has 0 radical (unpaired) electrons. The molecule has 2 heteroatoms. The van der Waals surface area contributed by atoms with Gasteiger partial charge in [0.25, 0.3) is 0 Å². The SMILES string of the molecule is CCCCCCC(O)C1(CN)CCCC(CC)C1. The van der Waals surface area contributed by atoms with Gasteiger partial charge in [0, 0.05) is 12.0 Å². The molecule has 1 fully saturated rings. The molecule has 1 aliphatic carbocycles. The average molecular weight is 255 g/mol. The second kappa shape index (κ2) is 8.16. The van der Waals surface area contributed by atoms with Gasteiger partial charge in [0.05, 0.1) is 6.10 Å². The first-order valence-electron chi connectivity index (χ1n) is 8.06. The van der Waals surface area contributed by atoms with Crippen molar-refractivity contribution in [2.24, 2.45) is 17.1 Å².